The minimum Gasteiger partial charge on any atom is -0.520 e. The fourth-order valence-electron chi connectivity index (χ4n) is 4.35. The van der Waals surface area contributed by atoms with Crippen LogP contribution in [0.1, 0.15) is 47.0 Å². The van der Waals surface area contributed by atoms with Crippen molar-refractivity contribution in [1.29, 1.82) is 0 Å². The molecule has 0 aromatic carbocycles. The quantitative estimate of drug-likeness (QED) is 0.507. The zero-order chi connectivity index (χ0) is 16.1. The van der Waals surface area contributed by atoms with Crippen molar-refractivity contribution in [3.8, 4) is 0 Å². The summed E-state index contributed by atoms with van der Waals surface area (Å²) in [5, 5.41) is 0. The third kappa shape index (κ3) is 2.94. The van der Waals surface area contributed by atoms with Crippen LogP contribution in [0.3, 0.4) is 0 Å². The molecule has 1 aliphatic heterocycles. The second kappa shape index (κ2) is 5.19. The van der Waals surface area contributed by atoms with Crippen LogP contribution in [-0.2, 0) is 9.16 Å². The minimum absolute atomic E-state index is 0.254. The highest BCUT2D eigenvalue weighted by molar-refractivity contribution is 6.70. The van der Waals surface area contributed by atoms with Crippen molar-refractivity contribution in [2.24, 2.45) is 17.3 Å². The Balaban J connectivity index is 2.46. The molecular weight excluding hydrogens is 276 g/mol. The highest BCUT2D eigenvalue weighted by Crippen LogP contribution is 2.56. The predicted octanol–water partition coefficient (Wildman–Crippen LogP) is 5.49. The summed E-state index contributed by atoms with van der Waals surface area (Å²) in [6, 6.07) is 0. The van der Waals surface area contributed by atoms with E-state index in [1.165, 1.54) is 18.4 Å². The van der Waals surface area contributed by atoms with E-state index in [0.717, 1.165) is 12.4 Å². The van der Waals surface area contributed by atoms with Gasteiger partial charge in [-0.25, -0.2) is 0 Å². The Morgan fingerprint density at radius 2 is 1.90 bits per heavy atom. The molecule has 2 rings (SSSR count). The van der Waals surface area contributed by atoms with Gasteiger partial charge in [0.05, 0.1) is 0 Å². The van der Waals surface area contributed by atoms with E-state index in [1.54, 1.807) is 0 Å². The third-order valence-corrected chi connectivity index (χ3v) is 6.09. The molecule has 1 saturated carbocycles. The first kappa shape index (κ1) is 16.7. The molecule has 3 heteroatoms. The van der Waals surface area contributed by atoms with Gasteiger partial charge in [-0.15, -0.1) is 0 Å². The van der Waals surface area contributed by atoms with Crippen LogP contribution >= 0.6 is 0 Å². The number of rotatable bonds is 3. The molecule has 120 valence electrons. The van der Waals surface area contributed by atoms with Gasteiger partial charge in [0, 0.05) is 11.5 Å². The maximum atomic E-state index is 6.50. The lowest BCUT2D eigenvalue weighted by molar-refractivity contribution is -0.145. The molecule has 0 radical (unpaired) electrons. The van der Waals surface area contributed by atoms with Gasteiger partial charge in [-0.2, -0.15) is 0 Å². The van der Waals surface area contributed by atoms with Crippen LogP contribution in [-0.4, -0.2) is 13.9 Å². The van der Waals surface area contributed by atoms with Crippen molar-refractivity contribution in [2.45, 2.75) is 72.2 Å². The average Bonchev–Trinajstić information content (AvgIpc) is 2.32. The van der Waals surface area contributed by atoms with Crippen molar-refractivity contribution in [3.05, 3.63) is 24.2 Å². The van der Waals surface area contributed by atoms with Crippen LogP contribution < -0.4 is 0 Å². The number of hydrogen-bond donors (Lipinski definition) is 0. The van der Waals surface area contributed by atoms with E-state index in [4.69, 9.17) is 9.16 Å². The molecule has 1 heterocycles. The molecule has 3 atom stereocenters. The molecule has 1 aliphatic carbocycles. The summed E-state index contributed by atoms with van der Waals surface area (Å²) >= 11 is 0. The monoisotopic (exact) mass is 308 g/mol. The second-order valence-corrected chi connectivity index (χ2v) is 13.0. The first-order valence-corrected chi connectivity index (χ1v) is 11.7. The number of fused-ring (bicyclic) bond motifs is 1. The molecule has 1 fully saturated rings. The van der Waals surface area contributed by atoms with Crippen molar-refractivity contribution < 1.29 is 9.16 Å². The van der Waals surface area contributed by atoms with Crippen LogP contribution in [0, 0.1) is 17.3 Å². The number of ether oxygens (including phenoxy) is 1. The predicted molar refractivity (Wildman–Crippen MR) is 91.4 cm³/mol. The summed E-state index contributed by atoms with van der Waals surface area (Å²) in [7, 11) is -1.67. The van der Waals surface area contributed by atoms with Gasteiger partial charge in [-0.1, -0.05) is 27.4 Å². The van der Waals surface area contributed by atoms with Gasteiger partial charge in [0.1, 0.15) is 5.60 Å². The lowest BCUT2D eigenvalue weighted by Gasteiger charge is -2.56. The van der Waals surface area contributed by atoms with Crippen molar-refractivity contribution in [3.63, 3.8) is 0 Å². The molecule has 0 saturated heterocycles. The molecule has 0 amide bonds. The molecule has 0 spiro atoms. The van der Waals surface area contributed by atoms with E-state index in [9.17, 15) is 0 Å². The Morgan fingerprint density at radius 1 is 1.29 bits per heavy atom. The van der Waals surface area contributed by atoms with Crippen LogP contribution in [0.5, 0.6) is 0 Å². The lowest BCUT2D eigenvalue weighted by Crippen LogP contribution is -2.55. The van der Waals surface area contributed by atoms with Crippen molar-refractivity contribution >= 4 is 8.32 Å². The molecule has 0 aromatic heterocycles. The minimum atomic E-state index is -1.67. The number of hydrogen-bond acceptors (Lipinski definition) is 2. The molecule has 2 aliphatic rings. The van der Waals surface area contributed by atoms with Gasteiger partial charge in [0.15, 0.2) is 0 Å². The third-order valence-electron chi connectivity index (χ3n) is 5.29. The Labute approximate surface area is 131 Å². The van der Waals surface area contributed by atoms with E-state index in [0.29, 0.717) is 11.8 Å². The Morgan fingerprint density at radius 3 is 2.43 bits per heavy atom. The van der Waals surface area contributed by atoms with Crippen LogP contribution in [0.4, 0.5) is 0 Å². The van der Waals surface area contributed by atoms with E-state index >= 15 is 0 Å². The smallest absolute Gasteiger partial charge is 0.265 e. The molecule has 2 nitrogen and oxygen atoms in total. The summed E-state index contributed by atoms with van der Waals surface area (Å²) in [4.78, 5) is 0. The first-order chi connectivity index (χ1) is 9.52. The molecule has 3 unspecified atom stereocenters. The van der Waals surface area contributed by atoms with Gasteiger partial charge in [0.25, 0.3) is 5.95 Å². The van der Waals surface area contributed by atoms with Crippen LogP contribution in [0.25, 0.3) is 0 Å². The van der Waals surface area contributed by atoms with Crippen molar-refractivity contribution in [1.82, 2.24) is 0 Å². The van der Waals surface area contributed by atoms with Gasteiger partial charge in [0.2, 0.25) is 8.32 Å². The zero-order valence-electron chi connectivity index (χ0n) is 14.9. The van der Waals surface area contributed by atoms with E-state index in [2.05, 4.69) is 60.0 Å². The highest BCUT2D eigenvalue weighted by atomic mass is 28.4. The van der Waals surface area contributed by atoms with Gasteiger partial charge >= 0.3 is 0 Å². The van der Waals surface area contributed by atoms with Gasteiger partial charge in [-0.3, -0.25) is 0 Å². The zero-order valence-corrected chi connectivity index (χ0v) is 15.9. The van der Waals surface area contributed by atoms with E-state index in [-0.39, 0.29) is 11.0 Å². The molecular formula is C18H32O2Si. The Kier molecular flexibility index (Phi) is 4.11. The van der Waals surface area contributed by atoms with Gasteiger partial charge in [-0.05, 0) is 63.2 Å². The summed E-state index contributed by atoms with van der Waals surface area (Å²) in [6.07, 6.45) is 5.57. The summed E-state index contributed by atoms with van der Waals surface area (Å²) in [6.45, 7) is 20.0. The van der Waals surface area contributed by atoms with Crippen LogP contribution in [0.15, 0.2) is 24.2 Å². The summed E-state index contributed by atoms with van der Waals surface area (Å²) in [5.74, 6) is 1.74. The number of allylic oxidation sites excluding steroid dienone is 1. The normalized spacial score (nSPS) is 35.8. The molecule has 0 aromatic rings. The van der Waals surface area contributed by atoms with Crippen molar-refractivity contribution in [2.75, 3.05) is 0 Å². The SMILES string of the molecule is C=CC12CCCC(C)(C)C1C(C)C(C)=C(O[Si](C)(C)C)O2. The second-order valence-electron chi connectivity index (χ2n) is 8.55. The topological polar surface area (TPSA) is 18.5 Å². The standard InChI is InChI=1S/C18H32O2Si/c1-9-18-12-10-11-17(4,5)15(18)13(2)14(3)16(19-18)20-21(6,7)8/h9,13,15H,1,10-12H2,2-8H3. The average molecular weight is 309 g/mol. The largest absolute Gasteiger partial charge is 0.520 e. The summed E-state index contributed by atoms with van der Waals surface area (Å²) < 4.78 is 12.7. The maximum Gasteiger partial charge on any atom is 0.265 e. The Bertz CT molecular complexity index is 458. The van der Waals surface area contributed by atoms with Crippen LogP contribution in [0.2, 0.25) is 19.6 Å². The fourth-order valence-corrected chi connectivity index (χ4v) is 5.11. The van der Waals surface area contributed by atoms with Gasteiger partial charge < -0.3 is 9.16 Å². The van der Waals surface area contributed by atoms with E-state index in [1.807, 2.05) is 0 Å². The summed E-state index contributed by atoms with van der Waals surface area (Å²) in [5.41, 5.74) is 1.29. The Hall–Kier alpha value is -0.703. The highest BCUT2D eigenvalue weighted by Gasteiger charge is 2.55. The molecule has 21 heavy (non-hydrogen) atoms. The molecule has 0 N–H and O–H groups in total. The lowest BCUT2D eigenvalue weighted by atomic mass is 9.55. The first-order valence-electron chi connectivity index (χ1n) is 8.25. The maximum absolute atomic E-state index is 6.50. The molecule has 0 bridgehead atoms. The fraction of sp³-hybridized carbons (Fsp3) is 0.778. The van der Waals surface area contributed by atoms with E-state index < -0.39 is 8.32 Å².